The fourth-order valence-electron chi connectivity index (χ4n) is 1.49. The van der Waals surface area contributed by atoms with Crippen LogP contribution in [0.25, 0.3) is 0 Å². The summed E-state index contributed by atoms with van der Waals surface area (Å²) >= 11 is 5.90. The van der Waals surface area contributed by atoms with Crippen LogP contribution in [0.4, 0.5) is 4.39 Å². The molecule has 0 aromatic heterocycles. The Bertz CT molecular complexity index is 333. The summed E-state index contributed by atoms with van der Waals surface area (Å²) < 4.78 is 12.9. The van der Waals surface area contributed by atoms with Crippen LogP contribution in [0.1, 0.15) is 25.3 Å². The summed E-state index contributed by atoms with van der Waals surface area (Å²) in [6, 6.07) is 4.27. The van der Waals surface area contributed by atoms with Gasteiger partial charge in [0.2, 0.25) is 0 Å². The lowest BCUT2D eigenvalue weighted by molar-refractivity contribution is 0.160. The molecule has 1 aromatic rings. The molecule has 2 N–H and O–H groups in total. The summed E-state index contributed by atoms with van der Waals surface area (Å²) in [6.07, 6.45) is 1.37. The zero-order chi connectivity index (χ0) is 12.0. The Kier molecular flexibility index (Phi) is 5.74. The van der Waals surface area contributed by atoms with Crippen molar-refractivity contribution in [3.05, 3.63) is 34.6 Å². The number of aliphatic hydroxyl groups excluding tert-OH is 1. The van der Waals surface area contributed by atoms with Crippen molar-refractivity contribution in [1.29, 1.82) is 0 Å². The first-order chi connectivity index (χ1) is 7.63. The largest absolute Gasteiger partial charge is 0.392 e. The van der Waals surface area contributed by atoms with Crippen LogP contribution in [-0.4, -0.2) is 17.8 Å². The normalized spacial score (nSPS) is 12.8. The van der Waals surface area contributed by atoms with Crippen molar-refractivity contribution in [3.63, 3.8) is 0 Å². The van der Waals surface area contributed by atoms with Crippen LogP contribution in [-0.2, 0) is 6.54 Å². The Morgan fingerprint density at radius 2 is 2.25 bits per heavy atom. The van der Waals surface area contributed by atoms with Gasteiger partial charge in [-0.15, -0.1) is 0 Å². The predicted molar refractivity (Wildman–Crippen MR) is 64.0 cm³/mol. The first kappa shape index (κ1) is 13.4. The molecule has 0 radical (unpaired) electrons. The van der Waals surface area contributed by atoms with Crippen molar-refractivity contribution >= 4 is 11.6 Å². The van der Waals surface area contributed by atoms with Crippen molar-refractivity contribution in [2.45, 2.75) is 32.4 Å². The fraction of sp³-hybridized carbons (Fsp3) is 0.500. The van der Waals surface area contributed by atoms with E-state index in [1.165, 1.54) is 18.2 Å². The van der Waals surface area contributed by atoms with Gasteiger partial charge in [0.15, 0.2) is 0 Å². The lowest BCUT2D eigenvalue weighted by atomic mass is 10.2. The maximum Gasteiger partial charge on any atom is 0.123 e. The molecule has 1 atom stereocenters. The molecule has 0 aliphatic heterocycles. The molecular formula is C12H17ClFNO. The van der Waals surface area contributed by atoms with Gasteiger partial charge >= 0.3 is 0 Å². The fourth-order valence-corrected chi connectivity index (χ4v) is 1.67. The highest BCUT2D eigenvalue weighted by Crippen LogP contribution is 2.16. The van der Waals surface area contributed by atoms with Crippen LogP contribution < -0.4 is 5.32 Å². The highest BCUT2D eigenvalue weighted by atomic mass is 35.5. The second-order valence-corrected chi connectivity index (χ2v) is 4.22. The molecule has 0 saturated heterocycles. The number of nitrogens with one attached hydrogen (secondary N) is 1. The molecule has 1 rings (SSSR count). The van der Waals surface area contributed by atoms with Crippen LogP contribution in [0.3, 0.4) is 0 Å². The molecule has 2 nitrogen and oxygen atoms in total. The smallest absolute Gasteiger partial charge is 0.123 e. The SMILES string of the molecule is CCCC(O)CNCc1cc(F)ccc1Cl. The number of halogens is 2. The van der Waals surface area contributed by atoms with Crippen LogP contribution in [0.2, 0.25) is 5.02 Å². The maximum absolute atomic E-state index is 12.9. The molecule has 0 aliphatic rings. The molecule has 16 heavy (non-hydrogen) atoms. The monoisotopic (exact) mass is 245 g/mol. The van der Waals surface area contributed by atoms with E-state index in [2.05, 4.69) is 5.32 Å². The number of aliphatic hydroxyl groups is 1. The van der Waals surface area contributed by atoms with Crippen LogP contribution in [0.5, 0.6) is 0 Å². The number of hydrogen-bond donors (Lipinski definition) is 2. The van der Waals surface area contributed by atoms with Crippen molar-refractivity contribution in [2.24, 2.45) is 0 Å². The maximum atomic E-state index is 12.9. The summed E-state index contributed by atoms with van der Waals surface area (Å²) in [5.74, 6) is -0.296. The average molecular weight is 246 g/mol. The molecule has 1 unspecified atom stereocenters. The van der Waals surface area contributed by atoms with Crippen LogP contribution >= 0.6 is 11.6 Å². The lowest BCUT2D eigenvalue weighted by Gasteiger charge is -2.11. The van der Waals surface area contributed by atoms with Gasteiger partial charge in [0.25, 0.3) is 0 Å². The van der Waals surface area contributed by atoms with Crippen molar-refractivity contribution in [3.8, 4) is 0 Å². The van der Waals surface area contributed by atoms with Gasteiger partial charge in [-0.3, -0.25) is 0 Å². The average Bonchev–Trinajstić information content (AvgIpc) is 2.23. The van der Waals surface area contributed by atoms with E-state index in [4.69, 9.17) is 11.6 Å². The molecule has 1 aromatic carbocycles. The molecule has 0 aliphatic carbocycles. The number of benzene rings is 1. The summed E-state index contributed by atoms with van der Waals surface area (Å²) in [6.45, 7) is 2.99. The topological polar surface area (TPSA) is 32.3 Å². The summed E-state index contributed by atoms with van der Waals surface area (Å²) in [5, 5.41) is 13.1. The van der Waals surface area contributed by atoms with Gasteiger partial charge in [0.1, 0.15) is 5.82 Å². The Labute approximate surface area is 100 Å². The van der Waals surface area contributed by atoms with Gasteiger partial charge in [0.05, 0.1) is 6.10 Å². The van der Waals surface area contributed by atoms with Gasteiger partial charge in [-0.1, -0.05) is 24.9 Å². The van der Waals surface area contributed by atoms with Gasteiger partial charge in [-0.2, -0.15) is 0 Å². The Morgan fingerprint density at radius 1 is 1.50 bits per heavy atom. The molecular weight excluding hydrogens is 229 g/mol. The predicted octanol–water partition coefficient (Wildman–Crippen LogP) is 2.73. The van der Waals surface area contributed by atoms with E-state index in [0.717, 1.165) is 12.8 Å². The molecule has 0 heterocycles. The van der Waals surface area contributed by atoms with E-state index in [1.54, 1.807) is 0 Å². The number of rotatable bonds is 6. The van der Waals surface area contributed by atoms with Crippen LogP contribution in [0, 0.1) is 5.82 Å². The molecule has 0 saturated carbocycles. The Hall–Kier alpha value is -0.640. The summed E-state index contributed by atoms with van der Waals surface area (Å²) in [5.41, 5.74) is 0.713. The van der Waals surface area contributed by atoms with E-state index in [9.17, 15) is 9.50 Å². The van der Waals surface area contributed by atoms with E-state index in [0.29, 0.717) is 23.7 Å². The first-order valence-electron chi connectivity index (χ1n) is 5.46. The lowest BCUT2D eigenvalue weighted by Crippen LogP contribution is -2.26. The van der Waals surface area contributed by atoms with Crippen molar-refractivity contribution in [2.75, 3.05) is 6.54 Å². The molecule has 0 bridgehead atoms. The minimum absolute atomic E-state index is 0.296. The van der Waals surface area contributed by atoms with Crippen molar-refractivity contribution in [1.82, 2.24) is 5.32 Å². The summed E-state index contributed by atoms with van der Waals surface area (Å²) in [7, 11) is 0. The van der Waals surface area contributed by atoms with E-state index in [-0.39, 0.29) is 11.9 Å². The van der Waals surface area contributed by atoms with Gasteiger partial charge < -0.3 is 10.4 Å². The number of hydrogen-bond acceptors (Lipinski definition) is 2. The Balaban J connectivity index is 2.39. The highest BCUT2D eigenvalue weighted by molar-refractivity contribution is 6.31. The third-order valence-corrected chi connectivity index (χ3v) is 2.69. The first-order valence-corrected chi connectivity index (χ1v) is 5.84. The van der Waals surface area contributed by atoms with E-state index >= 15 is 0 Å². The zero-order valence-electron chi connectivity index (χ0n) is 9.34. The highest BCUT2D eigenvalue weighted by Gasteiger charge is 2.04. The molecule has 0 amide bonds. The third kappa shape index (κ3) is 4.47. The molecule has 0 spiro atoms. The second kappa shape index (κ2) is 6.84. The Morgan fingerprint density at radius 3 is 2.94 bits per heavy atom. The molecule has 90 valence electrons. The standard InChI is InChI=1S/C12H17ClFNO/c1-2-3-11(16)8-15-7-9-6-10(14)4-5-12(9)13/h4-6,11,15-16H,2-3,7-8H2,1H3. The van der Waals surface area contributed by atoms with Crippen LogP contribution in [0.15, 0.2) is 18.2 Å². The quantitative estimate of drug-likeness (QED) is 0.808. The third-order valence-electron chi connectivity index (χ3n) is 2.33. The summed E-state index contributed by atoms with van der Waals surface area (Å²) in [4.78, 5) is 0. The zero-order valence-corrected chi connectivity index (χ0v) is 10.1. The van der Waals surface area contributed by atoms with Crippen molar-refractivity contribution < 1.29 is 9.50 Å². The van der Waals surface area contributed by atoms with Gasteiger partial charge in [-0.25, -0.2) is 4.39 Å². The van der Waals surface area contributed by atoms with Gasteiger partial charge in [-0.05, 0) is 30.2 Å². The van der Waals surface area contributed by atoms with E-state index in [1.807, 2.05) is 6.92 Å². The van der Waals surface area contributed by atoms with E-state index < -0.39 is 0 Å². The molecule has 4 heteroatoms. The molecule has 0 fully saturated rings. The second-order valence-electron chi connectivity index (χ2n) is 3.81. The van der Waals surface area contributed by atoms with Gasteiger partial charge in [0, 0.05) is 18.1 Å². The minimum Gasteiger partial charge on any atom is -0.392 e. The minimum atomic E-state index is -0.350.